The molecule has 2 bridgehead atoms. The standard InChI is InChI=1S/C45H30O11/c46-24-15-13-20(14-16-24)33-37(47)41(51)36(42(52)38(33)48)32-22-8-2-1-7-21(17-22)31(25-9-3-4-10-26(25)32)28-18-23(34-39(49)43(53)45(55)44(54)40(34)50)19-30-35(28)27-11-5-6-12-29(27)56-30/h1-16,18-19,46-55H,17H2. The van der Waals surface area contributed by atoms with E-state index in [0.717, 1.165) is 11.0 Å². The summed E-state index contributed by atoms with van der Waals surface area (Å²) in [6.45, 7) is 0. The molecule has 11 heteroatoms. The third-order valence-electron chi connectivity index (χ3n) is 10.4. The van der Waals surface area contributed by atoms with Crippen molar-refractivity contribution in [2.45, 2.75) is 6.42 Å². The number of fused-ring (bicyclic) bond motifs is 6. The van der Waals surface area contributed by atoms with Crippen LogP contribution in [0.2, 0.25) is 0 Å². The highest BCUT2D eigenvalue weighted by atomic mass is 16.4. The van der Waals surface area contributed by atoms with Crippen molar-refractivity contribution in [2.24, 2.45) is 0 Å². The second-order valence-corrected chi connectivity index (χ2v) is 13.5. The van der Waals surface area contributed by atoms with Crippen LogP contribution >= 0.6 is 0 Å². The van der Waals surface area contributed by atoms with Gasteiger partial charge in [-0.2, -0.15) is 0 Å². The number of benzene rings is 6. The van der Waals surface area contributed by atoms with Crippen LogP contribution in [-0.4, -0.2) is 51.1 Å². The maximum atomic E-state index is 11.8. The van der Waals surface area contributed by atoms with E-state index in [4.69, 9.17) is 4.42 Å². The molecule has 0 spiro atoms. The first-order valence-electron chi connectivity index (χ1n) is 17.3. The monoisotopic (exact) mass is 746 g/mol. The lowest BCUT2D eigenvalue weighted by atomic mass is 9.86. The second-order valence-electron chi connectivity index (χ2n) is 13.5. The number of hydrogen-bond acceptors (Lipinski definition) is 11. The van der Waals surface area contributed by atoms with Crippen molar-refractivity contribution in [1.82, 2.24) is 0 Å². The predicted molar refractivity (Wildman–Crippen MR) is 208 cm³/mol. The van der Waals surface area contributed by atoms with Crippen molar-refractivity contribution in [3.63, 3.8) is 0 Å². The number of rotatable bonds is 4. The van der Waals surface area contributed by atoms with Gasteiger partial charge in [0.05, 0.1) is 16.7 Å². The second kappa shape index (κ2) is 12.3. The molecule has 276 valence electrons. The molecule has 1 aromatic heterocycles. The van der Waals surface area contributed by atoms with E-state index in [9.17, 15) is 51.1 Å². The number of allylic oxidation sites excluding steroid dienone is 6. The number of furan rings is 1. The Bertz CT molecular complexity index is 3030. The summed E-state index contributed by atoms with van der Waals surface area (Å²) in [5, 5.41) is 112. The number of hydrogen-bond donors (Lipinski definition) is 10. The first kappa shape index (κ1) is 33.9. The van der Waals surface area contributed by atoms with Crippen molar-refractivity contribution in [3.05, 3.63) is 142 Å². The zero-order valence-corrected chi connectivity index (χ0v) is 29.0. The zero-order valence-electron chi connectivity index (χ0n) is 29.0. The van der Waals surface area contributed by atoms with Crippen molar-refractivity contribution in [1.29, 1.82) is 0 Å². The molecule has 1 heterocycles. The molecular formula is C45H30O11. The molecule has 11 nitrogen and oxygen atoms in total. The molecule has 0 fully saturated rings. The summed E-state index contributed by atoms with van der Waals surface area (Å²) >= 11 is 0. The topological polar surface area (TPSA) is 215 Å². The van der Waals surface area contributed by atoms with E-state index in [2.05, 4.69) is 0 Å². The highest BCUT2D eigenvalue weighted by Crippen LogP contribution is 2.57. The van der Waals surface area contributed by atoms with Crippen LogP contribution in [0.3, 0.4) is 0 Å². The molecule has 0 aliphatic heterocycles. The lowest BCUT2D eigenvalue weighted by Crippen LogP contribution is -2.29. The minimum atomic E-state index is -1.10. The maximum Gasteiger partial charge on any atom is 0.208 e. The lowest BCUT2D eigenvalue weighted by Gasteiger charge is -2.19. The molecule has 10 N–H and O–H groups in total. The van der Waals surface area contributed by atoms with Crippen molar-refractivity contribution in [2.75, 3.05) is 0 Å². The summed E-state index contributed by atoms with van der Waals surface area (Å²) < 4.78 is 6.32. The van der Waals surface area contributed by atoms with Crippen LogP contribution in [0, 0.1) is 0 Å². The largest absolute Gasteiger partial charge is 0.508 e. The van der Waals surface area contributed by atoms with E-state index in [0.29, 0.717) is 49.3 Å². The van der Waals surface area contributed by atoms with E-state index in [1.165, 1.54) is 30.3 Å². The number of para-hydroxylation sites is 1. The van der Waals surface area contributed by atoms with Gasteiger partial charge in [-0.15, -0.1) is 0 Å². The summed E-state index contributed by atoms with van der Waals surface area (Å²) in [5.41, 5.74) is 3.14. The Morgan fingerprint density at radius 3 is 1.57 bits per heavy atom. The van der Waals surface area contributed by atoms with Gasteiger partial charge in [0.2, 0.25) is 17.2 Å². The molecule has 0 atom stereocenters. The van der Waals surface area contributed by atoms with E-state index in [1.54, 1.807) is 48.6 Å². The van der Waals surface area contributed by atoms with Gasteiger partial charge in [0.25, 0.3) is 0 Å². The van der Waals surface area contributed by atoms with Gasteiger partial charge in [-0.1, -0.05) is 78.9 Å². The Hall–Kier alpha value is -7.92. The first-order chi connectivity index (χ1) is 27.0. The maximum absolute atomic E-state index is 11.8. The van der Waals surface area contributed by atoms with Gasteiger partial charge in [0.1, 0.15) is 16.9 Å². The summed E-state index contributed by atoms with van der Waals surface area (Å²) in [5.74, 6) is -7.79. The summed E-state index contributed by atoms with van der Waals surface area (Å²) in [6.07, 6.45) is 7.50. The molecule has 2 aliphatic rings. The quantitative estimate of drug-likeness (QED) is 0.0642. The van der Waals surface area contributed by atoms with E-state index in [-0.39, 0.29) is 40.0 Å². The van der Waals surface area contributed by atoms with E-state index in [1.807, 2.05) is 30.4 Å². The van der Waals surface area contributed by atoms with Gasteiger partial charge in [0.15, 0.2) is 34.5 Å². The fourth-order valence-corrected chi connectivity index (χ4v) is 7.88. The highest BCUT2D eigenvalue weighted by Gasteiger charge is 2.32. The minimum absolute atomic E-state index is 0.0631. The van der Waals surface area contributed by atoms with Crippen LogP contribution in [0.25, 0.3) is 55.3 Å². The Labute approximate surface area is 316 Å². The fraction of sp³-hybridized carbons (Fsp3) is 0.0222. The summed E-state index contributed by atoms with van der Waals surface area (Å²) in [4.78, 5) is 0. The molecule has 0 unspecified atom stereocenters. The van der Waals surface area contributed by atoms with Gasteiger partial charge >= 0.3 is 0 Å². The van der Waals surface area contributed by atoms with Gasteiger partial charge < -0.3 is 55.5 Å². The Balaban J connectivity index is 1.45. The predicted octanol–water partition coefficient (Wildman–Crippen LogP) is 7.20. The molecule has 56 heavy (non-hydrogen) atoms. The number of phenolic OH excluding ortho intramolecular Hbond substituents is 10. The third kappa shape index (κ3) is 4.84. The summed E-state index contributed by atoms with van der Waals surface area (Å²) in [7, 11) is 0. The van der Waals surface area contributed by atoms with Crippen LogP contribution in [-0.2, 0) is 0 Å². The van der Waals surface area contributed by atoms with Crippen molar-refractivity contribution >= 4 is 33.1 Å². The first-order valence-corrected chi connectivity index (χ1v) is 17.3. The van der Waals surface area contributed by atoms with Gasteiger partial charge in [-0.25, -0.2) is 0 Å². The Morgan fingerprint density at radius 2 is 0.929 bits per heavy atom. The Morgan fingerprint density at radius 1 is 0.429 bits per heavy atom. The molecule has 2 aliphatic carbocycles. The molecule has 7 aromatic rings. The average Bonchev–Trinajstić information content (AvgIpc) is 3.32. The third-order valence-corrected chi connectivity index (χ3v) is 10.4. The SMILES string of the molecule is Oc1ccc(-c2c(O)c(O)c(C3=c4ccccc4=C(c4cc(-c5c(O)c(O)c(O)c(O)c5O)cc5oc6ccccc6c45)C4=CC=CC=C3C4)c(O)c2O)cc1. The molecular weight excluding hydrogens is 716 g/mol. The Kier molecular flexibility index (Phi) is 7.45. The van der Waals surface area contributed by atoms with Crippen LogP contribution in [0.15, 0.2) is 125 Å². The smallest absolute Gasteiger partial charge is 0.208 e. The van der Waals surface area contributed by atoms with E-state index < -0.39 is 51.7 Å². The number of phenols is 10. The van der Waals surface area contributed by atoms with Crippen LogP contribution in [0.1, 0.15) is 17.5 Å². The number of aromatic hydroxyl groups is 10. The van der Waals surface area contributed by atoms with Gasteiger partial charge in [0, 0.05) is 16.3 Å². The van der Waals surface area contributed by atoms with Gasteiger partial charge in [-0.3, -0.25) is 0 Å². The normalized spacial score (nSPS) is 13.7. The fourth-order valence-electron chi connectivity index (χ4n) is 7.88. The van der Waals surface area contributed by atoms with Crippen LogP contribution in [0.5, 0.6) is 57.5 Å². The van der Waals surface area contributed by atoms with Crippen molar-refractivity contribution in [3.8, 4) is 79.7 Å². The zero-order chi connectivity index (χ0) is 39.2. The average molecular weight is 747 g/mol. The van der Waals surface area contributed by atoms with Crippen molar-refractivity contribution < 1.29 is 55.5 Å². The molecule has 0 saturated carbocycles. The molecule has 6 aromatic carbocycles. The minimum Gasteiger partial charge on any atom is -0.508 e. The van der Waals surface area contributed by atoms with E-state index >= 15 is 0 Å². The highest BCUT2D eigenvalue weighted by molar-refractivity contribution is 6.13. The van der Waals surface area contributed by atoms with Gasteiger partial charge in [-0.05, 0) is 80.6 Å². The molecule has 0 amide bonds. The van der Waals surface area contributed by atoms with Crippen LogP contribution < -0.4 is 10.4 Å². The summed E-state index contributed by atoms with van der Waals surface area (Å²) in [6, 6.07) is 23.2. The van der Waals surface area contributed by atoms with Crippen LogP contribution in [0.4, 0.5) is 0 Å². The lowest BCUT2D eigenvalue weighted by molar-refractivity contribution is 0.330. The molecule has 9 rings (SSSR count). The molecule has 0 saturated heterocycles. The molecule has 0 radical (unpaired) electrons.